The molecule has 0 aliphatic carbocycles. The fourth-order valence-electron chi connectivity index (χ4n) is 3.51. The average molecular weight is 410 g/mol. The number of aromatic hydroxyl groups is 1. The van der Waals surface area contributed by atoms with Crippen LogP contribution in [0.15, 0.2) is 72.3 Å². The number of phenolic OH excluding ortho intramolecular Hbond substituents is 1. The molecule has 30 heavy (non-hydrogen) atoms. The van der Waals surface area contributed by atoms with Crippen molar-refractivity contribution in [3.05, 3.63) is 89.1 Å². The molecule has 6 heteroatoms. The SMILES string of the molecule is Oc1cccc2ccc(/C=C/C3=CCN(Cc4ccc(C(F)(F)F)cc4)CC3)nc12. The van der Waals surface area contributed by atoms with Gasteiger partial charge in [-0.05, 0) is 47.9 Å². The zero-order valence-corrected chi connectivity index (χ0v) is 16.2. The van der Waals surface area contributed by atoms with Crippen LogP contribution in [-0.4, -0.2) is 28.1 Å². The van der Waals surface area contributed by atoms with Gasteiger partial charge in [0.05, 0.1) is 11.3 Å². The van der Waals surface area contributed by atoms with E-state index in [2.05, 4.69) is 16.0 Å². The fraction of sp³-hybridized carbons (Fsp3) is 0.208. The molecule has 0 amide bonds. The molecule has 3 nitrogen and oxygen atoms in total. The van der Waals surface area contributed by atoms with E-state index in [0.717, 1.165) is 48.3 Å². The summed E-state index contributed by atoms with van der Waals surface area (Å²) in [4.78, 5) is 6.70. The third-order valence-electron chi connectivity index (χ3n) is 5.20. The summed E-state index contributed by atoms with van der Waals surface area (Å²) in [6.07, 6.45) is 2.65. The van der Waals surface area contributed by atoms with Crippen molar-refractivity contribution in [3.8, 4) is 5.75 Å². The van der Waals surface area contributed by atoms with Crippen LogP contribution in [0.4, 0.5) is 13.2 Å². The van der Waals surface area contributed by atoms with Crippen molar-refractivity contribution in [1.29, 1.82) is 0 Å². The van der Waals surface area contributed by atoms with E-state index in [1.165, 1.54) is 5.57 Å². The number of hydrogen-bond donors (Lipinski definition) is 1. The molecule has 0 spiro atoms. The van der Waals surface area contributed by atoms with Gasteiger partial charge in [0.25, 0.3) is 0 Å². The monoisotopic (exact) mass is 410 g/mol. The third kappa shape index (κ3) is 4.71. The summed E-state index contributed by atoms with van der Waals surface area (Å²) in [5, 5.41) is 10.9. The molecule has 2 heterocycles. The maximum atomic E-state index is 12.7. The van der Waals surface area contributed by atoms with Gasteiger partial charge in [-0.25, -0.2) is 4.98 Å². The van der Waals surface area contributed by atoms with Crippen LogP contribution in [0.2, 0.25) is 0 Å². The Morgan fingerprint density at radius 3 is 2.50 bits per heavy atom. The van der Waals surface area contributed by atoms with E-state index in [0.29, 0.717) is 12.1 Å². The number of alkyl halides is 3. The summed E-state index contributed by atoms with van der Waals surface area (Å²) in [7, 11) is 0. The second-order valence-corrected chi connectivity index (χ2v) is 7.38. The van der Waals surface area contributed by atoms with Crippen molar-refractivity contribution in [2.45, 2.75) is 19.1 Å². The Bertz CT molecular complexity index is 1100. The minimum absolute atomic E-state index is 0.165. The van der Waals surface area contributed by atoms with Gasteiger partial charge in [0.15, 0.2) is 0 Å². The first-order valence-electron chi connectivity index (χ1n) is 9.73. The zero-order valence-electron chi connectivity index (χ0n) is 16.2. The maximum absolute atomic E-state index is 12.7. The average Bonchev–Trinajstić information content (AvgIpc) is 2.73. The second kappa shape index (κ2) is 8.32. The van der Waals surface area contributed by atoms with E-state index in [4.69, 9.17) is 0 Å². The van der Waals surface area contributed by atoms with Gasteiger partial charge in [-0.1, -0.05) is 42.5 Å². The number of para-hydroxylation sites is 1. The van der Waals surface area contributed by atoms with Crippen molar-refractivity contribution in [2.24, 2.45) is 0 Å². The first kappa shape index (κ1) is 20.2. The summed E-state index contributed by atoms with van der Waals surface area (Å²) < 4.78 is 38.0. The van der Waals surface area contributed by atoms with Crippen molar-refractivity contribution in [3.63, 3.8) is 0 Å². The van der Waals surface area contributed by atoms with Crippen molar-refractivity contribution < 1.29 is 18.3 Å². The molecule has 0 saturated heterocycles. The number of fused-ring (bicyclic) bond motifs is 1. The van der Waals surface area contributed by atoms with Gasteiger partial charge < -0.3 is 5.11 Å². The molecule has 0 unspecified atom stereocenters. The van der Waals surface area contributed by atoms with Crippen LogP contribution in [0.3, 0.4) is 0 Å². The smallest absolute Gasteiger partial charge is 0.416 e. The minimum Gasteiger partial charge on any atom is -0.506 e. The number of phenols is 1. The van der Waals surface area contributed by atoms with E-state index in [1.807, 2.05) is 30.4 Å². The number of allylic oxidation sites excluding steroid dienone is 1. The van der Waals surface area contributed by atoms with Crippen molar-refractivity contribution in [1.82, 2.24) is 9.88 Å². The van der Waals surface area contributed by atoms with Crippen LogP contribution < -0.4 is 0 Å². The molecule has 0 atom stereocenters. The van der Waals surface area contributed by atoms with E-state index < -0.39 is 11.7 Å². The van der Waals surface area contributed by atoms with E-state index in [-0.39, 0.29) is 5.75 Å². The lowest BCUT2D eigenvalue weighted by Gasteiger charge is -2.25. The normalized spacial score (nSPS) is 15.6. The number of nitrogens with zero attached hydrogens (tertiary/aromatic N) is 2. The molecular formula is C24H21F3N2O. The molecule has 4 rings (SSSR count). The standard InChI is InChI=1S/C24H21F3N2O/c25-24(26,27)20-8-4-18(5-9-20)16-29-14-12-17(13-15-29)6-10-21-11-7-19-2-1-3-22(30)23(19)28-21/h1-12,30H,13-16H2/b10-6+. The van der Waals surface area contributed by atoms with Gasteiger partial charge in [0, 0.05) is 25.0 Å². The van der Waals surface area contributed by atoms with Crippen LogP contribution in [0, 0.1) is 0 Å². The summed E-state index contributed by atoms with van der Waals surface area (Å²) in [6.45, 7) is 2.20. The Kier molecular flexibility index (Phi) is 5.59. The zero-order chi connectivity index (χ0) is 21.1. The summed E-state index contributed by atoms with van der Waals surface area (Å²) in [5.41, 5.74) is 2.80. The first-order valence-corrected chi connectivity index (χ1v) is 9.73. The molecule has 0 fully saturated rings. The predicted octanol–water partition coefficient (Wildman–Crippen LogP) is 5.80. The Hall–Kier alpha value is -3.12. The molecule has 0 saturated carbocycles. The second-order valence-electron chi connectivity index (χ2n) is 7.38. The van der Waals surface area contributed by atoms with Gasteiger partial charge in [0.1, 0.15) is 11.3 Å². The van der Waals surface area contributed by atoms with Gasteiger partial charge in [0.2, 0.25) is 0 Å². The van der Waals surface area contributed by atoms with Crippen molar-refractivity contribution in [2.75, 3.05) is 13.1 Å². The lowest BCUT2D eigenvalue weighted by molar-refractivity contribution is -0.137. The molecule has 0 bridgehead atoms. The molecule has 1 aliphatic heterocycles. The number of benzene rings is 2. The number of aromatic nitrogens is 1. The summed E-state index contributed by atoms with van der Waals surface area (Å²) in [6, 6.07) is 14.5. The maximum Gasteiger partial charge on any atom is 0.416 e. The Balaban J connectivity index is 1.37. The summed E-state index contributed by atoms with van der Waals surface area (Å²) >= 11 is 0. The molecule has 2 aromatic carbocycles. The van der Waals surface area contributed by atoms with E-state index in [9.17, 15) is 18.3 Å². The van der Waals surface area contributed by atoms with Gasteiger partial charge >= 0.3 is 6.18 Å². The highest BCUT2D eigenvalue weighted by Gasteiger charge is 2.29. The topological polar surface area (TPSA) is 36.4 Å². The lowest BCUT2D eigenvalue weighted by atomic mass is 10.1. The minimum atomic E-state index is -4.30. The molecule has 0 radical (unpaired) electrons. The molecular weight excluding hydrogens is 389 g/mol. The number of halogens is 3. The van der Waals surface area contributed by atoms with E-state index in [1.54, 1.807) is 24.3 Å². The van der Waals surface area contributed by atoms with Gasteiger partial charge in [-0.3, -0.25) is 4.90 Å². The number of pyridine rings is 1. The highest BCUT2D eigenvalue weighted by Crippen LogP contribution is 2.29. The lowest BCUT2D eigenvalue weighted by Crippen LogP contribution is -2.28. The van der Waals surface area contributed by atoms with Gasteiger partial charge in [-0.15, -0.1) is 0 Å². The molecule has 3 aromatic rings. The summed E-state index contributed by atoms with van der Waals surface area (Å²) in [5.74, 6) is 0.165. The van der Waals surface area contributed by atoms with Gasteiger partial charge in [-0.2, -0.15) is 13.2 Å². The number of rotatable bonds is 4. The highest BCUT2D eigenvalue weighted by molar-refractivity contribution is 5.85. The van der Waals surface area contributed by atoms with Crippen molar-refractivity contribution >= 4 is 17.0 Å². The quantitative estimate of drug-likeness (QED) is 0.590. The molecule has 154 valence electrons. The molecule has 1 N–H and O–H groups in total. The Morgan fingerprint density at radius 1 is 1.00 bits per heavy atom. The van der Waals surface area contributed by atoms with Crippen LogP contribution in [0.25, 0.3) is 17.0 Å². The van der Waals surface area contributed by atoms with Crippen LogP contribution in [0.1, 0.15) is 23.2 Å². The largest absolute Gasteiger partial charge is 0.506 e. The van der Waals surface area contributed by atoms with Crippen LogP contribution in [-0.2, 0) is 12.7 Å². The Labute approximate surface area is 172 Å². The fourth-order valence-corrected chi connectivity index (χ4v) is 3.51. The molecule has 1 aromatic heterocycles. The molecule has 1 aliphatic rings. The van der Waals surface area contributed by atoms with Crippen LogP contribution >= 0.6 is 0 Å². The van der Waals surface area contributed by atoms with Crippen LogP contribution in [0.5, 0.6) is 5.75 Å². The number of hydrogen-bond acceptors (Lipinski definition) is 3. The highest BCUT2D eigenvalue weighted by atomic mass is 19.4. The van der Waals surface area contributed by atoms with E-state index >= 15 is 0 Å². The predicted molar refractivity (Wildman–Crippen MR) is 112 cm³/mol. The third-order valence-corrected chi connectivity index (χ3v) is 5.20. The first-order chi connectivity index (χ1) is 14.4. The Morgan fingerprint density at radius 2 is 1.80 bits per heavy atom.